The summed E-state index contributed by atoms with van der Waals surface area (Å²) in [5.74, 6) is 2.29. The highest BCUT2D eigenvalue weighted by Gasteiger charge is 2.17. The average Bonchev–Trinajstić information content (AvgIpc) is 3.12. The Labute approximate surface area is 143 Å². The molecule has 0 aliphatic rings. The van der Waals surface area contributed by atoms with Gasteiger partial charge in [0.2, 0.25) is 11.7 Å². The van der Waals surface area contributed by atoms with E-state index < -0.39 is 0 Å². The van der Waals surface area contributed by atoms with E-state index in [1.54, 1.807) is 18.6 Å². The van der Waals surface area contributed by atoms with Crippen LogP contribution in [0.3, 0.4) is 0 Å². The molecule has 1 unspecified atom stereocenters. The van der Waals surface area contributed by atoms with Crippen molar-refractivity contribution in [1.29, 1.82) is 0 Å². The van der Waals surface area contributed by atoms with Crippen molar-refractivity contribution in [3.05, 3.63) is 54.6 Å². The Morgan fingerprint density at radius 1 is 1.08 bits per heavy atom. The predicted molar refractivity (Wildman–Crippen MR) is 91.6 cm³/mol. The van der Waals surface area contributed by atoms with E-state index in [1.165, 1.54) is 0 Å². The van der Waals surface area contributed by atoms with Gasteiger partial charge in [0, 0.05) is 24.2 Å². The highest BCUT2D eigenvalue weighted by molar-refractivity contribution is 5.86. The van der Waals surface area contributed by atoms with E-state index in [4.69, 9.17) is 4.52 Å². The maximum Gasteiger partial charge on any atom is 0.249 e. The molecule has 4 heterocycles. The van der Waals surface area contributed by atoms with Gasteiger partial charge >= 0.3 is 0 Å². The van der Waals surface area contributed by atoms with E-state index in [1.807, 2.05) is 38.1 Å². The number of rotatable bonds is 4. The van der Waals surface area contributed by atoms with E-state index >= 15 is 0 Å². The molecule has 8 nitrogen and oxygen atoms in total. The lowest BCUT2D eigenvalue weighted by atomic mass is 10.2. The van der Waals surface area contributed by atoms with Crippen molar-refractivity contribution in [3.63, 3.8) is 0 Å². The van der Waals surface area contributed by atoms with Gasteiger partial charge in [0.15, 0.2) is 5.65 Å². The van der Waals surface area contributed by atoms with E-state index in [2.05, 4.69) is 35.4 Å². The molecule has 0 radical (unpaired) electrons. The van der Waals surface area contributed by atoms with Gasteiger partial charge in [0.1, 0.15) is 17.7 Å². The molecule has 0 aromatic carbocycles. The lowest BCUT2D eigenvalue weighted by Gasteiger charge is -2.12. The number of fused-ring (bicyclic) bond motifs is 1. The summed E-state index contributed by atoms with van der Waals surface area (Å²) in [5, 5.41) is 8.16. The smallest absolute Gasteiger partial charge is 0.249 e. The van der Waals surface area contributed by atoms with Crippen LogP contribution >= 0.6 is 0 Å². The Bertz CT molecular complexity index is 1020. The SMILES string of the molecule is Cc1nc(NC(C)c2nc(-c3cccnc3)no2)c2cccnc2n1. The Morgan fingerprint density at radius 3 is 2.80 bits per heavy atom. The van der Waals surface area contributed by atoms with Crippen molar-refractivity contribution >= 4 is 16.9 Å². The summed E-state index contributed by atoms with van der Waals surface area (Å²) in [6, 6.07) is 7.26. The maximum absolute atomic E-state index is 5.38. The van der Waals surface area contributed by atoms with Crippen molar-refractivity contribution in [3.8, 4) is 11.4 Å². The fourth-order valence-corrected chi connectivity index (χ4v) is 2.47. The molecule has 0 bridgehead atoms. The first-order valence-electron chi connectivity index (χ1n) is 7.80. The monoisotopic (exact) mass is 333 g/mol. The number of aromatic nitrogens is 6. The molecule has 8 heteroatoms. The molecule has 124 valence electrons. The summed E-state index contributed by atoms with van der Waals surface area (Å²) in [6.07, 6.45) is 5.10. The van der Waals surface area contributed by atoms with Gasteiger partial charge in [0.25, 0.3) is 0 Å². The number of hydrogen-bond acceptors (Lipinski definition) is 8. The van der Waals surface area contributed by atoms with Gasteiger partial charge < -0.3 is 9.84 Å². The number of pyridine rings is 2. The first-order chi connectivity index (χ1) is 12.2. The van der Waals surface area contributed by atoms with Crippen molar-refractivity contribution < 1.29 is 4.52 Å². The number of nitrogens with one attached hydrogen (secondary N) is 1. The molecule has 0 fully saturated rings. The predicted octanol–water partition coefficient (Wildman–Crippen LogP) is 2.95. The minimum atomic E-state index is -0.226. The number of nitrogens with zero attached hydrogens (tertiary/aromatic N) is 6. The van der Waals surface area contributed by atoms with Crippen LogP contribution in [0.5, 0.6) is 0 Å². The third-order valence-corrected chi connectivity index (χ3v) is 3.67. The zero-order valence-electron chi connectivity index (χ0n) is 13.7. The third kappa shape index (κ3) is 3.01. The second kappa shape index (κ2) is 6.23. The fourth-order valence-electron chi connectivity index (χ4n) is 2.47. The zero-order valence-corrected chi connectivity index (χ0v) is 13.7. The first kappa shape index (κ1) is 15.1. The zero-order chi connectivity index (χ0) is 17.2. The number of aryl methyl sites for hydroxylation is 1. The van der Waals surface area contributed by atoms with E-state index in [0.29, 0.717) is 29.0 Å². The van der Waals surface area contributed by atoms with E-state index in [9.17, 15) is 0 Å². The molecule has 25 heavy (non-hydrogen) atoms. The summed E-state index contributed by atoms with van der Waals surface area (Å²) in [5.41, 5.74) is 1.45. The van der Waals surface area contributed by atoms with Crippen LogP contribution in [0.15, 0.2) is 47.4 Å². The summed E-state index contributed by atoms with van der Waals surface area (Å²) in [6.45, 7) is 3.76. The van der Waals surface area contributed by atoms with E-state index in [-0.39, 0.29) is 6.04 Å². The molecule has 4 aromatic heterocycles. The van der Waals surface area contributed by atoms with Crippen LogP contribution in [-0.2, 0) is 0 Å². The van der Waals surface area contributed by atoms with Gasteiger partial charge in [-0.15, -0.1) is 0 Å². The van der Waals surface area contributed by atoms with Crippen molar-refractivity contribution in [2.45, 2.75) is 19.9 Å². The standard InChI is InChI=1S/C17H15N7O/c1-10(17-23-14(24-25-17)12-5-3-7-18-9-12)20-16-13-6-4-8-19-15(13)21-11(2)22-16/h3-10H,1-2H3,(H,19,20,21,22). The molecule has 0 saturated heterocycles. The van der Waals surface area contributed by atoms with Crippen LogP contribution in [0.25, 0.3) is 22.4 Å². The van der Waals surface area contributed by atoms with Crippen LogP contribution in [0.2, 0.25) is 0 Å². The summed E-state index contributed by atoms with van der Waals surface area (Å²) in [7, 11) is 0. The lowest BCUT2D eigenvalue weighted by molar-refractivity contribution is 0.368. The normalized spacial score (nSPS) is 12.2. The number of hydrogen-bond donors (Lipinski definition) is 1. The highest BCUT2D eigenvalue weighted by Crippen LogP contribution is 2.24. The molecule has 4 aromatic rings. The van der Waals surface area contributed by atoms with Gasteiger partial charge in [-0.1, -0.05) is 5.16 Å². The lowest BCUT2D eigenvalue weighted by Crippen LogP contribution is -2.10. The second-order valence-corrected chi connectivity index (χ2v) is 5.56. The van der Waals surface area contributed by atoms with Crippen LogP contribution < -0.4 is 5.32 Å². The van der Waals surface area contributed by atoms with Crippen LogP contribution in [0.1, 0.15) is 24.7 Å². The molecule has 0 spiro atoms. The third-order valence-electron chi connectivity index (χ3n) is 3.67. The quantitative estimate of drug-likeness (QED) is 0.608. The minimum Gasteiger partial charge on any atom is -0.358 e. The molecule has 4 rings (SSSR count). The molecule has 0 aliphatic heterocycles. The van der Waals surface area contributed by atoms with Gasteiger partial charge in [-0.3, -0.25) is 4.98 Å². The Morgan fingerprint density at radius 2 is 1.96 bits per heavy atom. The van der Waals surface area contributed by atoms with Gasteiger partial charge in [-0.25, -0.2) is 15.0 Å². The fraction of sp³-hybridized carbons (Fsp3) is 0.176. The van der Waals surface area contributed by atoms with Crippen molar-refractivity contribution in [1.82, 2.24) is 30.1 Å². The largest absolute Gasteiger partial charge is 0.358 e. The average molecular weight is 333 g/mol. The van der Waals surface area contributed by atoms with Crippen LogP contribution in [0.4, 0.5) is 5.82 Å². The van der Waals surface area contributed by atoms with Crippen LogP contribution in [-0.4, -0.2) is 30.1 Å². The van der Waals surface area contributed by atoms with E-state index in [0.717, 1.165) is 10.9 Å². The van der Waals surface area contributed by atoms with Crippen LogP contribution in [0, 0.1) is 6.92 Å². The number of anilines is 1. The van der Waals surface area contributed by atoms with Crippen molar-refractivity contribution in [2.75, 3.05) is 5.32 Å². The Kier molecular flexibility index (Phi) is 3.77. The van der Waals surface area contributed by atoms with Gasteiger partial charge in [-0.05, 0) is 38.1 Å². The summed E-state index contributed by atoms with van der Waals surface area (Å²) >= 11 is 0. The summed E-state index contributed by atoms with van der Waals surface area (Å²) < 4.78 is 5.38. The molecule has 0 aliphatic carbocycles. The Hall–Kier alpha value is -3.42. The molecular weight excluding hydrogens is 318 g/mol. The van der Waals surface area contributed by atoms with Gasteiger partial charge in [-0.2, -0.15) is 4.98 Å². The minimum absolute atomic E-state index is 0.226. The maximum atomic E-state index is 5.38. The molecule has 1 atom stereocenters. The molecule has 1 N–H and O–H groups in total. The molecular formula is C17H15N7O. The first-order valence-corrected chi connectivity index (χ1v) is 7.80. The van der Waals surface area contributed by atoms with Gasteiger partial charge in [0.05, 0.1) is 5.39 Å². The second-order valence-electron chi connectivity index (χ2n) is 5.56. The molecule has 0 saturated carbocycles. The Balaban J connectivity index is 1.63. The topological polar surface area (TPSA) is 103 Å². The molecule has 0 amide bonds. The van der Waals surface area contributed by atoms with Crippen molar-refractivity contribution in [2.24, 2.45) is 0 Å². The highest BCUT2D eigenvalue weighted by atomic mass is 16.5. The summed E-state index contributed by atoms with van der Waals surface area (Å²) in [4.78, 5) is 21.6.